The molecule has 0 aliphatic carbocycles. The molecule has 0 aromatic heterocycles. The minimum absolute atomic E-state index is 0.139. The van der Waals surface area contributed by atoms with Crippen molar-refractivity contribution >= 4 is 23.5 Å². The summed E-state index contributed by atoms with van der Waals surface area (Å²) in [4.78, 5) is 48.2. The molecule has 0 aromatic rings. The van der Waals surface area contributed by atoms with E-state index in [1.54, 1.807) is 0 Å². The van der Waals surface area contributed by atoms with E-state index in [1.165, 1.54) is 4.90 Å². The fourth-order valence-electron chi connectivity index (χ4n) is 2.79. The normalized spacial score (nSPS) is 17.7. The number of rotatable bonds is 11. The number of hydrogen-bond donors (Lipinski definition) is 1. The number of amides is 3. The minimum Gasteiger partial charge on any atom is -0.356 e. The Morgan fingerprint density at radius 3 is 2.46 bits per heavy atom. The number of ketones is 1. The van der Waals surface area contributed by atoms with Gasteiger partial charge >= 0.3 is 0 Å². The lowest BCUT2D eigenvalue weighted by molar-refractivity contribution is -0.140. The second kappa shape index (κ2) is 10.2. The molecule has 6 heteroatoms. The number of carbonyl (C=O) groups is 4. The molecule has 1 rings (SSSR count). The lowest BCUT2D eigenvalue weighted by atomic mass is 9.94. The Hall–Kier alpha value is -1.72. The Morgan fingerprint density at radius 1 is 1.17 bits per heavy atom. The summed E-state index contributed by atoms with van der Waals surface area (Å²) in [5, 5.41) is 2.80. The van der Waals surface area contributed by atoms with Crippen molar-refractivity contribution in [2.45, 2.75) is 65.7 Å². The molecular formula is C18H30N2O4. The van der Waals surface area contributed by atoms with Gasteiger partial charge in [0, 0.05) is 44.7 Å². The van der Waals surface area contributed by atoms with Crippen LogP contribution in [-0.2, 0) is 19.2 Å². The van der Waals surface area contributed by atoms with Crippen LogP contribution >= 0.6 is 0 Å². The lowest BCUT2D eigenvalue weighted by Gasteiger charge is -2.16. The topological polar surface area (TPSA) is 83.6 Å². The van der Waals surface area contributed by atoms with E-state index >= 15 is 0 Å². The second-order valence-corrected chi connectivity index (χ2v) is 6.74. The summed E-state index contributed by atoms with van der Waals surface area (Å²) >= 11 is 0. The quantitative estimate of drug-likeness (QED) is 0.462. The first kappa shape index (κ1) is 20.3. The van der Waals surface area contributed by atoms with Crippen LogP contribution < -0.4 is 5.32 Å². The zero-order valence-corrected chi connectivity index (χ0v) is 15.1. The van der Waals surface area contributed by atoms with Crippen LogP contribution in [0, 0.1) is 11.8 Å². The van der Waals surface area contributed by atoms with Gasteiger partial charge in [0.1, 0.15) is 5.78 Å². The maximum atomic E-state index is 12.1. The van der Waals surface area contributed by atoms with E-state index in [-0.39, 0.29) is 54.7 Å². The molecular weight excluding hydrogens is 308 g/mol. The summed E-state index contributed by atoms with van der Waals surface area (Å²) < 4.78 is 0. The number of carbonyl (C=O) groups excluding carboxylic acids is 4. The monoisotopic (exact) mass is 338 g/mol. The number of nitrogens with one attached hydrogen (secondary N) is 1. The first-order valence-corrected chi connectivity index (χ1v) is 8.99. The van der Waals surface area contributed by atoms with Crippen molar-refractivity contribution in [1.82, 2.24) is 10.2 Å². The molecule has 1 saturated heterocycles. The third kappa shape index (κ3) is 6.42. The predicted octanol–water partition coefficient (Wildman–Crippen LogP) is 2.06. The van der Waals surface area contributed by atoms with Gasteiger partial charge in [0.2, 0.25) is 17.7 Å². The summed E-state index contributed by atoms with van der Waals surface area (Å²) in [6.45, 7) is 6.45. The highest BCUT2D eigenvalue weighted by Gasteiger charge is 2.39. The number of likely N-dealkylation sites (tertiary alicyclic amines) is 1. The SMILES string of the molecule is CCC(=O)CCCCCNC(=O)CCN1C(=O)CC(C(C)C)C1=O. The van der Waals surface area contributed by atoms with Gasteiger partial charge in [0.05, 0.1) is 0 Å². The maximum absolute atomic E-state index is 12.1. The summed E-state index contributed by atoms with van der Waals surface area (Å²) in [6.07, 6.45) is 4.20. The van der Waals surface area contributed by atoms with Crippen LogP contribution in [0.1, 0.15) is 65.7 Å². The average molecular weight is 338 g/mol. The van der Waals surface area contributed by atoms with Crippen molar-refractivity contribution in [3.8, 4) is 0 Å². The van der Waals surface area contributed by atoms with E-state index in [0.717, 1.165) is 19.3 Å². The van der Waals surface area contributed by atoms with Crippen LogP contribution in [0.15, 0.2) is 0 Å². The highest BCUT2D eigenvalue weighted by atomic mass is 16.2. The van der Waals surface area contributed by atoms with E-state index in [1.807, 2.05) is 20.8 Å². The summed E-state index contributed by atoms with van der Waals surface area (Å²) in [6, 6.07) is 0. The molecule has 6 nitrogen and oxygen atoms in total. The largest absolute Gasteiger partial charge is 0.356 e. The number of unbranched alkanes of at least 4 members (excludes halogenated alkanes) is 2. The third-order valence-corrected chi connectivity index (χ3v) is 4.49. The van der Waals surface area contributed by atoms with Gasteiger partial charge in [-0.1, -0.05) is 27.2 Å². The van der Waals surface area contributed by atoms with Crippen molar-refractivity contribution < 1.29 is 19.2 Å². The Labute approximate surface area is 144 Å². The van der Waals surface area contributed by atoms with Crippen LogP contribution in [0.5, 0.6) is 0 Å². The number of hydrogen-bond acceptors (Lipinski definition) is 4. The predicted molar refractivity (Wildman–Crippen MR) is 91.1 cm³/mol. The smallest absolute Gasteiger partial charge is 0.233 e. The van der Waals surface area contributed by atoms with Crippen LogP contribution in [0.3, 0.4) is 0 Å². The van der Waals surface area contributed by atoms with E-state index < -0.39 is 0 Å². The molecule has 0 saturated carbocycles. The van der Waals surface area contributed by atoms with Gasteiger partial charge in [0.25, 0.3) is 0 Å². The Bertz CT molecular complexity index is 474. The molecule has 24 heavy (non-hydrogen) atoms. The zero-order valence-electron chi connectivity index (χ0n) is 15.1. The van der Waals surface area contributed by atoms with E-state index in [4.69, 9.17) is 0 Å². The molecule has 0 spiro atoms. The van der Waals surface area contributed by atoms with E-state index in [0.29, 0.717) is 19.4 Å². The van der Waals surface area contributed by atoms with Gasteiger partial charge in [-0.25, -0.2) is 0 Å². The molecule has 0 bridgehead atoms. The first-order chi connectivity index (χ1) is 11.4. The summed E-state index contributed by atoms with van der Waals surface area (Å²) in [5.41, 5.74) is 0. The van der Waals surface area contributed by atoms with Crippen molar-refractivity contribution in [2.24, 2.45) is 11.8 Å². The highest BCUT2D eigenvalue weighted by molar-refractivity contribution is 6.03. The number of Topliss-reactive ketones (excluding diaryl/α,β-unsaturated/α-hetero) is 1. The second-order valence-electron chi connectivity index (χ2n) is 6.74. The molecule has 1 atom stereocenters. The fourth-order valence-corrected chi connectivity index (χ4v) is 2.79. The minimum atomic E-state index is -0.244. The average Bonchev–Trinajstić information content (AvgIpc) is 2.83. The Kier molecular flexibility index (Phi) is 8.65. The molecule has 1 N–H and O–H groups in total. The van der Waals surface area contributed by atoms with Crippen molar-refractivity contribution in [3.63, 3.8) is 0 Å². The molecule has 3 amide bonds. The third-order valence-electron chi connectivity index (χ3n) is 4.49. The standard InChI is InChI=1S/C18H30N2O4/c1-4-14(21)8-6-5-7-10-19-16(22)9-11-20-17(23)12-15(13(2)3)18(20)24/h13,15H,4-12H2,1-3H3,(H,19,22). The van der Waals surface area contributed by atoms with E-state index in [9.17, 15) is 19.2 Å². The van der Waals surface area contributed by atoms with Gasteiger partial charge in [-0.3, -0.25) is 24.1 Å². The molecule has 1 unspecified atom stereocenters. The number of nitrogens with zero attached hydrogens (tertiary/aromatic N) is 1. The Morgan fingerprint density at radius 2 is 1.88 bits per heavy atom. The van der Waals surface area contributed by atoms with Gasteiger partial charge in [0.15, 0.2) is 0 Å². The summed E-state index contributed by atoms with van der Waals surface area (Å²) in [7, 11) is 0. The summed E-state index contributed by atoms with van der Waals surface area (Å²) in [5.74, 6) is -0.298. The van der Waals surface area contributed by atoms with Crippen LogP contribution in [-0.4, -0.2) is 41.5 Å². The molecule has 136 valence electrons. The van der Waals surface area contributed by atoms with E-state index in [2.05, 4.69) is 5.32 Å². The van der Waals surface area contributed by atoms with Crippen LogP contribution in [0.4, 0.5) is 0 Å². The van der Waals surface area contributed by atoms with Crippen molar-refractivity contribution in [1.29, 1.82) is 0 Å². The van der Waals surface area contributed by atoms with Gasteiger partial charge in [-0.15, -0.1) is 0 Å². The molecule has 0 aromatic carbocycles. The zero-order chi connectivity index (χ0) is 18.1. The Balaban J connectivity index is 2.17. The maximum Gasteiger partial charge on any atom is 0.233 e. The molecule has 1 fully saturated rings. The molecule has 1 aliphatic rings. The first-order valence-electron chi connectivity index (χ1n) is 8.99. The van der Waals surface area contributed by atoms with Crippen LogP contribution in [0.25, 0.3) is 0 Å². The van der Waals surface area contributed by atoms with Crippen LogP contribution in [0.2, 0.25) is 0 Å². The van der Waals surface area contributed by atoms with Gasteiger partial charge in [-0.05, 0) is 18.8 Å². The van der Waals surface area contributed by atoms with Gasteiger partial charge < -0.3 is 5.32 Å². The van der Waals surface area contributed by atoms with Gasteiger partial charge in [-0.2, -0.15) is 0 Å². The molecule has 1 aliphatic heterocycles. The van der Waals surface area contributed by atoms with Crippen molar-refractivity contribution in [3.05, 3.63) is 0 Å². The highest BCUT2D eigenvalue weighted by Crippen LogP contribution is 2.26. The fraction of sp³-hybridized carbons (Fsp3) is 0.778. The molecule has 1 heterocycles. The number of imide groups is 1. The lowest BCUT2D eigenvalue weighted by Crippen LogP contribution is -2.35. The molecule has 0 radical (unpaired) electrons. The van der Waals surface area contributed by atoms with Crippen molar-refractivity contribution in [2.75, 3.05) is 13.1 Å².